The summed E-state index contributed by atoms with van der Waals surface area (Å²) in [4.78, 5) is 0. The van der Waals surface area contributed by atoms with Crippen LogP contribution < -0.4 is 0 Å². The van der Waals surface area contributed by atoms with Crippen molar-refractivity contribution >= 4 is 11.3 Å². The van der Waals surface area contributed by atoms with Gasteiger partial charge in [-0.05, 0) is 12.8 Å². The molecule has 0 aromatic carbocycles. The molecule has 1 rings (SSSR count). The third-order valence-electron chi connectivity index (χ3n) is 2.50. The second-order valence-electron chi connectivity index (χ2n) is 4.00. The third kappa shape index (κ3) is 5.26. The second kappa shape index (κ2) is 7.80. The van der Waals surface area contributed by atoms with Crippen LogP contribution in [0, 0.1) is 0 Å². The van der Waals surface area contributed by atoms with Crippen LogP contribution in [0.5, 0.6) is 0 Å². The minimum atomic E-state index is 1.12. The van der Waals surface area contributed by atoms with Gasteiger partial charge >= 0.3 is 0 Å². The molecule has 1 aromatic rings. The van der Waals surface area contributed by atoms with Gasteiger partial charge in [0.25, 0.3) is 0 Å². The van der Waals surface area contributed by atoms with Gasteiger partial charge in [-0.3, -0.25) is 0 Å². The molecule has 0 aliphatic carbocycles. The first-order valence-corrected chi connectivity index (χ1v) is 6.99. The molecule has 1 heterocycles. The van der Waals surface area contributed by atoms with Crippen molar-refractivity contribution < 1.29 is 0 Å². The van der Waals surface area contributed by atoms with Crippen LogP contribution in [0.15, 0.2) is 0 Å². The van der Waals surface area contributed by atoms with E-state index in [0.717, 1.165) is 12.8 Å². The molecule has 3 heteroatoms. The summed E-state index contributed by atoms with van der Waals surface area (Å²) in [5, 5.41) is 10.9. The molecular weight excluding hydrogens is 204 g/mol. The molecule has 0 N–H and O–H groups in total. The van der Waals surface area contributed by atoms with Crippen LogP contribution in [0.4, 0.5) is 0 Å². The molecule has 2 nitrogen and oxygen atoms in total. The highest BCUT2D eigenvalue weighted by atomic mass is 32.1. The Labute approximate surface area is 97.1 Å². The minimum Gasteiger partial charge on any atom is -0.144 e. The Morgan fingerprint density at radius 1 is 0.800 bits per heavy atom. The first kappa shape index (κ1) is 12.6. The molecule has 0 saturated heterocycles. The van der Waals surface area contributed by atoms with Gasteiger partial charge in [-0.1, -0.05) is 39.5 Å². The van der Waals surface area contributed by atoms with Gasteiger partial charge in [0.2, 0.25) is 0 Å². The smallest absolute Gasteiger partial charge is 0.117 e. The van der Waals surface area contributed by atoms with E-state index in [1.807, 2.05) is 11.3 Å². The molecule has 0 aliphatic heterocycles. The number of hydrogen-bond acceptors (Lipinski definition) is 3. The zero-order valence-corrected chi connectivity index (χ0v) is 10.8. The highest BCUT2D eigenvalue weighted by molar-refractivity contribution is 7.11. The van der Waals surface area contributed by atoms with Crippen molar-refractivity contribution in [1.82, 2.24) is 10.2 Å². The van der Waals surface area contributed by atoms with Crippen LogP contribution in [-0.2, 0) is 12.8 Å². The van der Waals surface area contributed by atoms with E-state index in [0.29, 0.717) is 0 Å². The predicted molar refractivity (Wildman–Crippen MR) is 66.4 cm³/mol. The first-order chi connectivity index (χ1) is 7.36. The third-order valence-corrected chi connectivity index (χ3v) is 3.54. The van der Waals surface area contributed by atoms with Crippen LogP contribution in [0.3, 0.4) is 0 Å². The Morgan fingerprint density at radius 3 is 1.67 bits per heavy atom. The summed E-state index contributed by atoms with van der Waals surface area (Å²) in [7, 11) is 0. The maximum atomic E-state index is 4.24. The lowest BCUT2D eigenvalue weighted by atomic mass is 10.2. The lowest BCUT2D eigenvalue weighted by Crippen LogP contribution is -1.84. The van der Waals surface area contributed by atoms with Gasteiger partial charge in [-0.25, -0.2) is 0 Å². The summed E-state index contributed by atoms with van der Waals surface area (Å²) in [6.45, 7) is 4.46. The van der Waals surface area contributed by atoms with Crippen molar-refractivity contribution in [1.29, 1.82) is 0 Å². The zero-order chi connectivity index (χ0) is 10.9. The fraction of sp³-hybridized carbons (Fsp3) is 0.833. The molecule has 0 radical (unpaired) electrons. The average Bonchev–Trinajstić information content (AvgIpc) is 2.67. The van der Waals surface area contributed by atoms with Gasteiger partial charge < -0.3 is 0 Å². The predicted octanol–water partition coefficient (Wildman–Crippen LogP) is 4.00. The maximum Gasteiger partial charge on any atom is 0.117 e. The Morgan fingerprint density at radius 2 is 1.27 bits per heavy atom. The quantitative estimate of drug-likeness (QED) is 0.626. The van der Waals surface area contributed by atoms with Gasteiger partial charge in [0.1, 0.15) is 10.0 Å². The summed E-state index contributed by atoms with van der Waals surface area (Å²) in [5.41, 5.74) is 0. The summed E-state index contributed by atoms with van der Waals surface area (Å²) >= 11 is 1.81. The molecule has 0 amide bonds. The van der Waals surface area contributed by atoms with Crippen molar-refractivity contribution in [3.63, 3.8) is 0 Å². The minimum absolute atomic E-state index is 1.12. The molecule has 0 unspecified atom stereocenters. The van der Waals surface area contributed by atoms with Crippen molar-refractivity contribution in [2.75, 3.05) is 0 Å². The molecular formula is C12H22N2S. The summed E-state index contributed by atoms with van der Waals surface area (Å²) in [5.74, 6) is 0. The molecule has 0 atom stereocenters. The van der Waals surface area contributed by atoms with E-state index in [1.165, 1.54) is 48.5 Å². The van der Waals surface area contributed by atoms with Gasteiger partial charge in [0.05, 0.1) is 0 Å². The van der Waals surface area contributed by atoms with Crippen molar-refractivity contribution in [2.24, 2.45) is 0 Å². The second-order valence-corrected chi connectivity index (χ2v) is 5.15. The number of unbranched alkanes of at least 4 members (excludes halogenated alkanes) is 4. The largest absolute Gasteiger partial charge is 0.144 e. The molecule has 0 aliphatic rings. The number of hydrogen-bond donors (Lipinski definition) is 0. The average molecular weight is 226 g/mol. The van der Waals surface area contributed by atoms with E-state index in [1.54, 1.807) is 0 Å². The monoisotopic (exact) mass is 226 g/mol. The fourth-order valence-corrected chi connectivity index (χ4v) is 2.47. The molecule has 0 fully saturated rings. The van der Waals surface area contributed by atoms with Crippen LogP contribution in [-0.4, -0.2) is 10.2 Å². The van der Waals surface area contributed by atoms with Crippen molar-refractivity contribution in [2.45, 2.75) is 65.2 Å². The van der Waals surface area contributed by atoms with Crippen molar-refractivity contribution in [3.05, 3.63) is 10.0 Å². The van der Waals surface area contributed by atoms with E-state index in [9.17, 15) is 0 Å². The van der Waals surface area contributed by atoms with Gasteiger partial charge in [-0.15, -0.1) is 21.5 Å². The summed E-state index contributed by atoms with van der Waals surface area (Å²) < 4.78 is 0. The van der Waals surface area contributed by atoms with Gasteiger partial charge in [-0.2, -0.15) is 0 Å². The standard InChI is InChI=1S/C12H22N2S/c1-3-5-7-9-11-13-14-12(15-11)10-8-6-4-2/h3-10H2,1-2H3. The SMILES string of the molecule is CCCCCc1nnc(CCCCC)s1. The topological polar surface area (TPSA) is 25.8 Å². The lowest BCUT2D eigenvalue weighted by molar-refractivity contribution is 0.701. The lowest BCUT2D eigenvalue weighted by Gasteiger charge is -1.93. The molecule has 1 aromatic heterocycles. The maximum absolute atomic E-state index is 4.24. The molecule has 0 bridgehead atoms. The molecule has 15 heavy (non-hydrogen) atoms. The van der Waals surface area contributed by atoms with E-state index < -0.39 is 0 Å². The normalized spacial score (nSPS) is 10.8. The van der Waals surface area contributed by atoms with Crippen LogP contribution in [0.1, 0.15) is 62.4 Å². The summed E-state index contributed by atoms with van der Waals surface area (Å²) in [6.07, 6.45) is 9.96. The van der Waals surface area contributed by atoms with Gasteiger partial charge in [0.15, 0.2) is 0 Å². The number of rotatable bonds is 8. The van der Waals surface area contributed by atoms with E-state index >= 15 is 0 Å². The Bertz CT molecular complexity index is 233. The van der Waals surface area contributed by atoms with E-state index in [4.69, 9.17) is 0 Å². The fourth-order valence-electron chi connectivity index (χ4n) is 1.54. The van der Waals surface area contributed by atoms with Crippen molar-refractivity contribution in [3.8, 4) is 0 Å². The highest BCUT2D eigenvalue weighted by Crippen LogP contribution is 2.15. The number of aromatic nitrogens is 2. The zero-order valence-electron chi connectivity index (χ0n) is 9.96. The van der Waals surface area contributed by atoms with Crippen LogP contribution in [0.2, 0.25) is 0 Å². The summed E-state index contributed by atoms with van der Waals surface area (Å²) in [6, 6.07) is 0. The molecule has 86 valence electrons. The molecule has 0 saturated carbocycles. The van der Waals surface area contributed by atoms with E-state index in [-0.39, 0.29) is 0 Å². The molecule has 0 spiro atoms. The number of aryl methyl sites for hydroxylation is 2. The number of nitrogens with zero attached hydrogens (tertiary/aromatic N) is 2. The highest BCUT2D eigenvalue weighted by Gasteiger charge is 2.03. The van der Waals surface area contributed by atoms with Gasteiger partial charge in [0, 0.05) is 12.8 Å². The van der Waals surface area contributed by atoms with Crippen LogP contribution in [0.25, 0.3) is 0 Å². The van der Waals surface area contributed by atoms with Crippen LogP contribution >= 0.6 is 11.3 Å². The van der Waals surface area contributed by atoms with E-state index in [2.05, 4.69) is 24.0 Å². The Kier molecular flexibility index (Phi) is 6.57. The Balaban J connectivity index is 2.23. The first-order valence-electron chi connectivity index (χ1n) is 6.18. The Hall–Kier alpha value is -0.440.